The third-order valence-electron chi connectivity index (χ3n) is 3.64. The van der Waals surface area contributed by atoms with Crippen LogP contribution in [0.5, 0.6) is 0 Å². The first-order valence-electron chi connectivity index (χ1n) is 6.83. The molecule has 0 unspecified atom stereocenters. The fourth-order valence-corrected chi connectivity index (χ4v) is 3.00. The van der Waals surface area contributed by atoms with Crippen LogP contribution in [0, 0.1) is 0 Å². The van der Waals surface area contributed by atoms with E-state index in [4.69, 9.17) is 28.9 Å². The maximum absolute atomic E-state index is 6.36. The lowest BCUT2D eigenvalue weighted by Crippen LogP contribution is -2.43. The van der Waals surface area contributed by atoms with Gasteiger partial charge in [-0.3, -0.25) is 0 Å². The highest BCUT2D eigenvalue weighted by molar-refractivity contribution is 6.43. The second-order valence-electron chi connectivity index (χ2n) is 4.93. The predicted octanol–water partition coefficient (Wildman–Crippen LogP) is 3.05. The van der Waals surface area contributed by atoms with Gasteiger partial charge in [-0.05, 0) is 12.1 Å². The molecule has 6 heteroatoms. The Morgan fingerprint density at radius 2 is 1.90 bits per heavy atom. The van der Waals surface area contributed by atoms with Crippen LogP contribution < -0.4 is 16.0 Å². The highest BCUT2D eigenvalue weighted by atomic mass is 35.5. The first kappa shape index (κ1) is 14.4. The lowest BCUT2D eigenvalue weighted by Gasteiger charge is -2.31. The topological polar surface area (TPSA) is 54.2 Å². The molecule has 1 aliphatic heterocycles. The Morgan fingerprint density at radius 3 is 2.67 bits per heavy atom. The number of halogens is 2. The smallest absolute Gasteiger partial charge is 0.133 e. The average Bonchev–Trinajstić information content (AvgIpc) is 2.51. The first-order valence-corrected chi connectivity index (χ1v) is 7.58. The van der Waals surface area contributed by atoms with Crippen LogP contribution in [0.3, 0.4) is 0 Å². The number of nitrogens with one attached hydrogen (secondary N) is 1. The van der Waals surface area contributed by atoms with E-state index in [9.17, 15) is 0 Å². The number of nitrogens with zero attached hydrogens (tertiary/aromatic N) is 2. The van der Waals surface area contributed by atoms with E-state index in [1.54, 1.807) is 12.3 Å². The van der Waals surface area contributed by atoms with Gasteiger partial charge in [-0.25, -0.2) is 4.98 Å². The molecule has 2 aromatic rings. The number of hydrogen-bond donors (Lipinski definition) is 2. The Hall–Kier alpha value is -1.49. The monoisotopic (exact) mass is 322 g/mol. The van der Waals surface area contributed by atoms with E-state index in [2.05, 4.69) is 15.2 Å². The van der Waals surface area contributed by atoms with Crippen molar-refractivity contribution in [3.63, 3.8) is 0 Å². The second kappa shape index (κ2) is 6.10. The lowest BCUT2D eigenvalue weighted by molar-refractivity contribution is 0.589. The van der Waals surface area contributed by atoms with Gasteiger partial charge in [0, 0.05) is 49.2 Å². The first-order chi connectivity index (χ1) is 10.2. The summed E-state index contributed by atoms with van der Waals surface area (Å²) in [4.78, 5) is 6.51. The Balaban J connectivity index is 2.14. The molecule has 0 aliphatic carbocycles. The number of benzene rings is 1. The van der Waals surface area contributed by atoms with E-state index in [0.717, 1.165) is 43.0 Å². The van der Waals surface area contributed by atoms with Crippen molar-refractivity contribution in [3.05, 3.63) is 40.5 Å². The normalized spacial score (nSPS) is 15.2. The number of anilines is 2. The summed E-state index contributed by atoms with van der Waals surface area (Å²) in [7, 11) is 0. The fraction of sp³-hybridized carbons (Fsp3) is 0.267. The minimum atomic E-state index is 0.468. The van der Waals surface area contributed by atoms with Crippen molar-refractivity contribution in [2.24, 2.45) is 0 Å². The third-order valence-corrected chi connectivity index (χ3v) is 4.46. The van der Waals surface area contributed by atoms with E-state index < -0.39 is 0 Å². The molecule has 3 rings (SSSR count). The quantitative estimate of drug-likeness (QED) is 0.892. The number of hydrogen-bond acceptors (Lipinski definition) is 4. The number of nitrogen functional groups attached to an aromatic ring is 1. The second-order valence-corrected chi connectivity index (χ2v) is 5.71. The molecule has 21 heavy (non-hydrogen) atoms. The van der Waals surface area contributed by atoms with Gasteiger partial charge in [0.25, 0.3) is 0 Å². The molecule has 1 aliphatic rings. The maximum Gasteiger partial charge on any atom is 0.133 e. The summed E-state index contributed by atoms with van der Waals surface area (Å²) >= 11 is 12.5. The Morgan fingerprint density at radius 1 is 1.14 bits per heavy atom. The SMILES string of the molecule is Nc1nccc(N2CCNCC2)c1-c1cccc(Cl)c1Cl. The van der Waals surface area contributed by atoms with E-state index in [-0.39, 0.29) is 0 Å². The molecule has 0 spiro atoms. The number of nitrogens with two attached hydrogens (primary N) is 1. The molecule has 4 nitrogen and oxygen atoms in total. The molecule has 3 N–H and O–H groups in total. The summed E-state index contributed by atoms with van der Waals surface area (Å²) in [5, 5.41) is 4.37. The van der Waals surface area contributed by atoms with Crippen LogP contribution in [-0.4, -0.2) is 31.2 Å². The number of aromatic nitrogens is 1. The van der Waals surface area contributed by atoms with Gasteiger partial charge in [0.15, 0.2) is 0 Å². The van der Waals surface area contributed by atoms with Crippen molar-refractivity contribution in [2.75, 3.05) is 36.8 Å². The standard InChI is InChI=1S/C15H16Cl2N4/c16-11-3-1-2-10(14(11)17)13-12(4-5-20-15(13)18)21-8-6-19-7-9-21/h1-5,19H,6-9H2,(H2,18,20). The Kier molecular flexibility index (Phi) is 4.19. The zero-order valence-electron chi connectivity index (χ0n) is 11.4. The van der Waals surface area contributed by atoms with Crippen LogP contribution in [0.25, 0.3) is 11.1 Å². The molecule has 2 heterocycles. The summed E-state index contributed by atoms with van der Waals surface area (Å²) in [6, 6.07) is 7.55. The lowest BCUT2D eigenvalue weighted by atomic mass is 10.0. The molecule has 0 saturated carbocycles. The van der Waals surface area contributed by atoms with Crippen molar-refractivity contribution in [1.29, 1.82) is 0 Å². The van der Waals surface area contributed by atoms with Gasteiger partial charge in [-0.15, -0.1) is 0 Å². The molecular weight excluding hydrogens is 307 g/mol. The van der Waals surface area contributed by atoms with Gasteiger partial charge in [0.1, 0.15) is 5.82 Å². The van der Waals surface area contributed by atoms with E-state index in [0.29, 0.717) is 15.9 Å². The fourth-order valence-electron chi connectivity index (χ4n) is 2.61. The number of piperazine rings is 1. The molecule has 110 valence electrons. The highest BCUT2D eigenvalue weighted by Crippen LogP contribution is 2.41. The van der Waals surface area contributed by atoms with Gasteiger partial charge in [0.05, 0.1) is 10.0 Å². The molecule has 0 radical (unpaired) electrons. The minimum Gasteiger partial charge on any atom is -0.383 e. The van der Waals surface area contributed by atoms with Crippen molar-refractivity contribution in [1.82, 2.24) is 10.3 Å². The van der Waals surface area contributed by atoms with Crippen molar-refractivity contribution in [3.8, 4) is 11.1 Å². The molecule has 0 amide bonds. The minimum absolute atomic E-state index is 0.468. The van der Waals surface area contributed by atoms with Gasteiger partial charge >= 0.3 is 0 Å². The molecule has 1 aromatic carbocycles. The summed E-state index contributed by atoms with van der Waals surface area (Å²) in [6.07, 6.45) is 1.73. The van der Waals surface area contributed by atoms with Crippen molar-refractivity contribution < 1.29 is 0 Å². The zero-order chi connectivity index (χ0) is 14.8. The zero-order valence-corrected chi connectivity index (χ0v) is 13.0. The molecule has 1 fully saturated rings. The largest absolute Gasteiger partial charge is 0.383 e. The van der Waals surface area contributed by atoms with Crippen LogP contribution in [-0.2, 0) is 0 Å². The summed E-state index contributed by atoms with van der Waals surface area (Å²) in [5.74, 6) is 0.468. The van der Waals surface area contributed by atoms with Crippen LogP contribution in [0.1, 0.15) is 0 Å². The Labute approximate surface area is 133 Å². The third kappa shape index (κ3) is 2.79. The molecule has 0 atom stereocenters. The van der Waals surface area contributed by atoms with Crippen LogP contribution in [0.2, 0.25) is 10.0 Å². The van der Waals surface area contributed by atoms with Crippen molar-refractivity contribution in [2.45, 2.75) is 0 Å². The van der Waals surface area contributed by atoms with Gasteiger partial charge in [-0.1, -0.05) is 35.3 Å². The molecule has 0 bridgehead atoms. The highest BCUT2D eigenvalue weighted by Gasteiger charge is 2.20. The van der Waals surface area contributed by atoms with Crippen LogP contribution >= 0.6 is 23.2 Å². The van der Waals surface area contributed by atoms with Gasteiger partial charge in [-0.2, -0.15) is 0 Å². The van der Waals surface area contributed by atoms with Crippen LogP contribution in [0.4, 0.5) is 11.5 Å². The molecular formula is C15H16Cl2N4. The van der Waals surface area contributed by atoms with E-state index >= 15 is 0 Å². The predicted molar refractivity (Wildman–Crippen MR) is 89.2 cm³/mol. The number of pyridine rings is 1. The molecule has 1 aromatic heterocycles. The summed E-state index contributed by atoms with van der Waals surface area (Å²) < 4.78 is 0. The maximum atomic E-state index is 6.36. The van der Waals surface area contributed by atoms with E-state index in [1.807, 2.05) is 18.2 Å². The summed E-state index contributed by atoms with van der Waals surface area (Å²) in [6.45, 7) is 3.75. The van der Waals surface area contributed by atoms with Crippen molar-refractivity contribution >= 4 is 34.7 Å². The number of rotatable bonds is 2. The van der Waals surface area contributed by atoms with Crippen LogP contribution in [0.15, 0.2) is 30.5 Å². The van der Waals surface area contributed by atoms with E-state index in [1.165, 1.54) is 0 Å². The summed E-state index contributed by atoms with van der Waals surface area (Å²) in [5.41, 5.74) is 8.85. The Bertz CT molecular complexity index is 654. The van der Waals surface area contributed by atoms with Gasteiger partial charge < -0.3 is 16.0 Å². The molecule has 1 saturated heterocycles. The van der Waals surface area contributed by atoms with Gasteiger partial charge in [0.2, 0.25) is 0 Å². The average molecular weight is 323 g/mol.